The molecule has 1 atom stereocenters. The largest absolute Gasteiger partial charge is 0.422 e. The fraction of sp³-hybridized carbons (Fsp3) is 0.474. The molecular weight excluding hydrogens is 356 g/mol. The van der Waals surface area contributed by atoms with Crippen molar-refractivity contribution >= 4 is 28.5 Å². The van der Waals surface area contributed by atoms with Crippen molar-refractivity contribution in [3.63, 3.8) is 0 Å². The highest BCUT2D eigenvalue weighted by Gasteiger charge is 2.21. The molecule has 0 radical (unpaired) electrons. The molecule has 1 aromatic heterocycles. The number of halogens is 1. The van der Waals surface area contributed by atoms with E-state index in [2.05, 4.69) is 10.2 Å². The summed E-state index contributed by atoms with van der Waals surface area (Å²) in [6.07, 6.45) is 4.07. The van der Waals surface area contributed by atoms with Crippen LogP contribution in [0.15, 0.2) is 33.5 Å². The average molecular weight is 379 g/mol. The van der Waals surface area contributed by atoms with E-state index >= 15 is 0 Å². The van der Waals surface area contributed by atoms with Crippen molar-refractivity contribution in [2.24, 2.45) is 0 Å². The zero-order chi connectivity index (χ0) is 18.5. The van der Waals surface area contributed by atoms with E-state index in [1.165, 1.54) is 6.07 Å². The summed E-state index contributed by atoms with van der Waals surface area (Å²) in [5.74, 6) is -0.446. The number of carbonyl (C=O) groups is 1. The van der Waals surface area contributed by atoms with Gasteiger partial charge in [-0.05, 0) is 50.1 Å². The van der Waals surface area contributed by atoms with E-state index in [1.807, 2.05) is 0 Å². The number of piperidine rings is 1. The molecule has 2 heterocycles. The number of nitrogens with one attached hydrogen (secondary N) is 1. The minimum Gasteiger partial charge on any atom is -0.422 e. The van der Waals surface area contributed by atoms with Crippen LogP contribution in [0.1, 0.15) is 36.0 Å². The van der Waals surface area contributed by atoms with Gasteiger partial charge in [-0.15, -0.1) is 0 Å². The number of nitrogens with zero attached hydrogens (tertiary/aromatic N) is 1. The number of aliphatic hydroxyl groups is 1. The average Bonchev–Trinajstić information content (AvgIpc) is 2.65. The Morgan fingerprint density at radius 2 is 2.19 bits per heavy atom. The quantitative estimate of drug-likeness (QED) is 0.595. The lowest BCUT2D eigenvalue weighted by Gasteiger charge is -2.34. The Morgan fingerprint density at radius 1 is 1.35 bits per heavy atom. The number of hydrogen-bond donors (Lipinski definition) is 2. The highest BCUT2D eigenvalue weighted by molar-refractivity contribution is 6.31. The van der Waals surface area contributed by atoms with Crippen LogP contribution in [-0.4, -0.2) is 48.2 Å². The van der Waals surface area contributed by atoms with Crippen molar-refractivity contribution in [2.45, 2.75) is 31.7 Å². The molecular formula is C19H23ClN2O4. The Balaban J connectivity index is 1.57. The number of amides is 1. The van der Waals surface area contributed by atoms with Gasteiger partial charge in [0.25, 0.3) is 5.91 Å². The molecule has 6 nitrogen and oxygen atoms in total. The van der Waals surface area contributed by atoms with E-state index < -0.39 is 11.5 Å². The van der Waals surface area contributed by atoms with E-state index in [4.69, 9.17) is 16.0 Å². The Hall–Kier alpha value is -1.89. The van der Waals surface area contributed by atoms with Crippen LogP contribution in [0.3, 0.4) is 0 Å². The lowest BCUT2D eigenvalue weighted by atomic mass is 10.0. The first kappa shape index (κ1) is 18.9. The molecule has 7 heteroatoms. The lowest BCUT2D eigenvalue weighted by molar-refractivity contribution is 0.0867. The third kappa shape index (κ3) is 4.44. The monoisotopic (exact) mass is 378 g/mol. The maximum atomic E-state index is 12.3. The summed E-state index contributed by atoms with van der Waals surface area (Å²) in [7, 11) is 0. The zero-order valence-electron chi connectivity index (χ0n) is 14.5. The number of rotatable bonds is 6. The minimum atomic E-state index is -0.659. The highest BCUT2D eigenvalue weighted by atomic mass is 35.5. The Labute approximate surface area is 156 Å². The van der Waals surface area contributed by atoms with Crippen molar-refractivity contribution in [1.29, 1.82) is 0 Å². The van der Waals surface area contributed by atoms with Crippen molar-refractivity contribution < 1.29 is 14.3 Å². The fourth-order valence-corrected chi connectivity index (χ4v) is 3.57. The molecule has 1 saturated heterocycles. The standard InChI is InChI=1S/C19H23ClN2O4/c20-14-5-6-17-13(10-14)11-16(19(25)26-17)18(24)21-7-3-9-22-8-2-1-4-15(22)12-23/h5-6,10-11,15,23H,1-4,7-9,12H2,(H,21,24). The molecule has 1 unspecified atom stereocenters. The molecule has 1 aromatic carbocycles. The second-order valence-corrected chi connectivity index (χ2v) is 7.04. The predicted molar refractivity (Wildman–Crippen MR) is 101 cm³/mol. The van der Waals surface area contributed by atoms with Crippen molar-refractivity contribution in [3.8, 4) is 0 Å². The molecule has 140 valence electrons. The van der Waals surface area contributed by atoms with Gasteiger partial charge in [0.05, 0.1) is 6.61 Å². The number of aliphatic hydroxyl groups excluding tert-OH is 1. The third-order valence-electron chi connectivity index (χ3n) is 4.81. The highest BCUT2D eigenvalue weighted by Crippen LogP contribution is 2.19. The smallest absolute Gasteiger partial charge is 0.349 e. The maximum Gasteiger partial charge on any atom is 0.349 e. The molecule has 2 N–H and O–H groups in total. The number of benzene rings is 1. The second kappa shape index (κ2) is 8.66. The van der Waals surface area contributed by atoms with Gasteiger partial charge < -0.3 is 14.8 Å². The molecule has 1 amide bonds. The summed E-state index contributed by atoms with van der Waals surface area (Å²) in [5.41, 5.74) is -0.282. The molecule has 1 aliphatic rings. The first-order valence-corrected chi connectivity index (χ1v) is 9.33. The second-order valence-electron chi connectivity index (χ2n) is 6.61. The first-order valence-electron chi connectivity index (χ1n) is 8.95. The molecule has 1 aliphatic heterocycles. The van der Waals surface area contributed by atoms with Gasteiger partial charge >= 0.3 is 5.63 Å². The fourth-order valence-electron chi connectivity index (χ4n) is 3.39. The lowest BCUT2D eigenvalue weighted by Crippen LogP contribution is -2.43. The normalized spacial score (nSPS) is 18.2. The van der Waals surface area contributed by atoms with Gasteiger partial charge in [-0.2, -0.15) is 0 Å². The van der Waals surface area contributed by atoms with Crippen LogP contribution in [-0.2, 0) is 0 Å². The SMILES string of the molecule is O=C(NCCCN1CCCCC1CO)c1cc2cc(Cl)ccc2oc1=O. The number of likely N-dealkylation sites (tertiary alicyclic amines) is 1. The maximum absolute atomic E-state index is 12.3. The molecule has 1 fully saturated rings. The van der Waals surface area contributed by atoms with E-state index in [-0.39, 0.29) is 18.2 Å². The van der Waals surface area contributed by atoms with Gasteiger partial charge in [0.15, 0.2) is 0 Å². The van der Waals surface area contributed by atoms with Crippen LogP contribution >= 0.6 is 11.6 Å². The summed E-state index contributed by atoms with van der Waals surface area (Å²) in [5, 5.41) is 13.3. The molecule has 0 saturated carbocycles. The van der Waals surface area contributed by atoms with E-state index in [0.717, 1.165) is 38.8 Å². The van der Waals surface area contributed by atoms with Gasteiger partial charge in [0.2, 0.25) is 0 Å². The predicted octanol–water partition coefficient (Wildman–Crippen LogP) is 2.41. The van der Waals surface area contributed by atoms with Crippen LogP contribution in [0.4, 0.5) is 0 Å². The van der Waals surface area contributed by atoms with Crippen LogP contribution in [0.2, 0.25) is 5.02 Å². The molecule has 0 bridgehead atoms. The number of fused-ring (bicyclic) bond motifs is 1. The van der Waals surface area contributed by atoms with E-state index in [1.54, 1.807) is 18.2 Å². The Bertz CT molecular complexity index is 836. The minimum absolute atomic E-state index is 0.0222. The summed E-state index contributed by atoms with van der Waals surface area (Å²) >= 11 is 5.95. The van der Waals surface area contributed by atoms with Gasteiger partial charge in [0, 0.05) is 29.5 Å². The summed E-state index contributed by atoms with van der Waals surface area (Å²) in [6, 6.07) is 6.62. The van der Waals surface area contributed by atoms with Crippen LogP contribution in [0.5, 0.6) is 0 Å². The summed E-state index contributed by atoms with van der Waals surface area (Å²) < 4.78 is 5.19. The Morgan fingerprint density at radius 3 is 3.00 bits per heavy atom. The molecule has 26 heavy (non-hydrogen) atoms. The van der Waals surface area contributed by atoms with Crippen molar-refractivity contribution in [2.75, 3.05) is 26.2 Å². The topological polar surface area (TPSA) is 82.8 Å². The summed E-state index contributed by atoms with van der Waals surface area (Å²) in [4.78, 5) is 26.6. The number of hydrogen-bond acceptors (Lipinski definition) is 5. The Kier molecular flexibility index (Phi) is 6.29. The van der Waals surface area contributed by atoms with E-state index in [9.17, 15) is 14.7 Å². The van der Waals surface area contributed by atoms with Crippen molar-refractivity contribution in [3.05, 3.63) is 45.3 Å². The van der Waals surface area contributed by atoms with Crippen LogP contribution in [0, 0.1) is 0 Å². The zero-order valence-corrected chi connectivity index (χ0v) is 15.3. The van der Waals surface area contributed by atoms with Crippen LogP contribution in [0.25, 0.3) is 11.0 Å². The van der Waals surface area contributed by atoms with Gasteiger partial charge in [-0.25, -0.2) is 4.79 Å². The molecule has 0 spiro atoms. The van der Waals surface area contributed by atoms with Gasteiger partial charge in [-0.1, -0.05) is 18.0 Å². The first-order chi connectivity index (χ1) is 12.6. The van der Waals surface area contributed by atoms with Crippen molar-refractivity contribution in [1.82, 2.24) is 10.2 Å². The summed E-state index contributed by atoms with van der Waals surface area (Å²) in [6.45, 7) is 2.43. The van der Waals surface area contributed by atoms with Gasteiger partial charge in [0.1, 0.15) is 11.1 Å². The van der Waals surface area contributed by atoms with E-state index in [0.29, 0.717) is 22.5 Å². The number of carbonyl (C=O) groups excluding carboxylic acids is 1. The molecule has 0 aliphatic carbocycles. The van der Waals surface area contributed by atoms with Gasteiger partial charge in [-0.3, -0.25) is 9.69 Å². The molecule has 3 rings (SSSR count). The molecule has 2 aromatic rings. The van der Waals surface area contributed by atoms with Crippen LogP contribution < -0.4 is 10.9 Å². The third-order valence-corrected chi connectivity index (χ3v) is 5.04.